The van der Waals surface area contributed by atoms with Crippen LogP contribution in [0.15, 0.2) is 46.9 Å². The summed E-state index contributed by atoms with van der Waals surface area (Å²) in [5, 5.41) is 13.7. The van der Waals surface area contributed by atoms with Crippen LogP contribution in [0, 0.1) is 6.92 Å². The summed E-state index contributed by atoms with van der Waals surface area (Å²) in [5.41, 5.74) is 4.30. The van der Waals surface area contributed by atoms with Crippen molar-refractivity contribution in [3.05, 3.63) is 64.7 Å². The van der Waals surface area contributed by atoms with Crippen LogP contribution in [0.3, 0.4) is 0 Å². The third-order valence-corrected chi connectivity index (χ3v) is 8.03. The first-order valence-corrected chi connectivity index (χ1v) is 15.5. The zero-order chi connectivity index (χ0) is 29.7. The molecule has 12 heteroatoms. The molecule has 218 valence electrons. The van der Waals surface area contributed by atoms with Gasteiger partial charge in [-0.15, -0.1) is 0 Å². The van der Waals surface area contributed by atoms with Crippen LogP contribution in [0.2, 0.25) is 0 Å². The Hall–Kier alpha value is -3.93. The summed E-state index contributed by atoms with van der Waals surface area (Å²) in [6, 6.07) is 8.80. The van der Waals surface area contributed by atoms with Crippen molar-refractivity contribution >= 4 is 33.0 Å². The minimum Gasteiger partial charge on any atom is -0.492 e. The standard InChI is InChI=1S/C29H37N7O4S/c1-17-8-9-19(12-24(17)36-16-23(32-34-36)25-15-30-27(35(25)5)18-10-11-18)28(37)31-21-13-20(29(2,3)4)14-22(26(21)40-6)33-41(7,38)39/h8-9,12-15,18,23,33H,10-11,16H2,1-7H3,(H,31,37). The second-order valence-electron chi connectivity index (χ2n) is 11.9. The average Bonchev–Trinajstić information content (AvgIpc) is 3.48. The zero-order valence-electron chi connectivity index (χ0n) is 24.5. The van der Waals surface area contributed by atoms with Gasteiger partial charge in [-0.05, 0) is 60.6 Å². The van der Waals surface area contributed by atoms with Gasteiger partial charge in [0.2, 0.25) is 10.0 Å². The molecule has 1 unspecified atom stereocenters. The Balaban J connectivity index is 1.40. The molecule has 0 spiro atoms. The van der Waals surface area contributed by atoms with Gasteiger partial charge in [-0.2, -0.15) is 5.11 Å². The van der Waals surface area contributed by atoms with Crippen molar-refractivity contribution in [1.29, 1.82) is 0 Å². The fourth-order valence-corrected chi connectivity index (χ4v) is 5.55. The normalized spacial score (nSPS) is 17.1. The lowest BCUT2D eigenvalue weighted by molar-refractivity contribution is 0.102. The first kappa shape index (κ1) is 28.6. The number of ether oxygens (including phenoxy) is 1. The largest absolute Gasteiger partial charge is 0.492 e. The molecule has 0 radical (unpaired) electrons. The van der Waals surface area contributed by atoms with E-state index < -0.39 is 10.0 Å². The van der Waals surface area contributed by atoms with Crippen LogP contribution < -0.4 is 19.8 Å². The number of aromatic nitrogens is 2. The highest BCUT2D eigenvalue weighted by atomic mass is 32.2. The van der Waals surface area contributed by atoms with E-state index in [2.05, 4.69) is 29.9 Å². The highest BCUT2D eigenvalue weighted by molar-refractivity contribution is 7.92. The molecule has 1 fully saturated rings. The van der Waals surface area contributed by atoms with Crippen LogP contribution in [0.1, 0.15) is 78.6 Å². The van der Waals surface area contributed by atoms with Gasteiger partial charge in [0, 0.05) is 18.5 Å². The van der Waals surface area contributed by atoms with E-state index >= 15 is 0 Å². The summed E-state index contributed by atoms with van der Waals surface area (Å²) >= 11 is 0. The van der Waals surface area contributed by atoms with E-state index in [1.165, 1.54) is 20.0 Å². The summed E-state index contributed by atoms with van der Waals surface area (Å²) in [7, 11) is -0.123. The Bertz CT molecular complexity index is 1640. The van der Waals surface area contributed by atoms with Crippen LogP contribution >= 0.6 is 0 Å². The molecule has 41 heavy (non-hydrogen) atoms. The van der Waals surface area contributed by atoms with E-state index in [0.29, 0.717) is 23.7 Å². The summed E-state index contributed by atoms with van der Waals surface area (Å²) in [5.74, 6) is 1.50. The fraction of sp³-hybridized carbons (Fsp3) is 0.448. The molecule has 2 aromatic carbocycles. The van der Waals surface area contributed by atoms with Crippen molar-refractivity contribution < 1.29 is 17.9 Å². The maximum absolute atomic E-state index is 13.5. The number of methoxy groups -OCH3 is 1. The molecule has 1 aromatic heterocycles. The third kappa shape index (κ3) is 6.07. The number of hydrogen-bond donors (Lipinski definition) is 2. The van der Waals surface area contributed by atoms with E-state index in [9.17, 15) is 13.2 Å². The first-order chi connectivity index (χ1) is 19.2. The molecular weight excluding hydrogens is 542 g/mol. The van der Waals surface area contributed by atoms with Gasteiger partial charge in [-0.1, -0.05) is 32.1 Å². The Morgan fingerprint density at radius 3 is 2.46 bits per heavy atom. The van der Waals surface area contributed by atoms with Crippen molar-refractivity contribution in [3.8, 4) is 5.75 Å². The van der Waals surface area contributed by atoms with Crippen LogP contribution in [0.4, 0.5) is 17.1 Å². The number of imidazole rings is 1. The monoisotopic (exact) mass is 579 g/mol. The highest BCUT2D eigenvalue weighted by Crippen LogP contribution is 2.41. The van der Waals surface area contributed by atoms with Gasteiger partial charge in [-0.25, -0.2) is 18.4 Å². The summed E-state index contributed by atoms with van der Waals surface area (Å²) in [4.78, 5) is 18.1. The number of nitrogens with one attached hydrogen (secondary N) is 2. The van der Waals surface area contributed by atoms with Gasteiger partial charge >= 0.3 is 0 Å². The predicted molar refractivity (Wildman–Crippen MR) is 159 cm³/mol. The Kier molecular flexibility index (Phi) is 7.31. The molecule has 2 heterocycles. The maximum atomic E-state index is 13.5. The molecule has 11 nitrogen and oxygen atoms in total. The molecule has 1 saturated carbocycles. The van der Waals surface area contributed by atoms with Crippen molar-refractivity contribution in [2.24, 2.45) is 17.4 Å². The first-order valence-electron chi connectivity index (χ1n) is 13.6. The van der Waals surface area contributed by atoms with Crippen molar-refractivity contribution in [2.75, 3.05) is 35.0 Å². The number of carbonyl (C=O) groups excluding carboxylic acids is 1. The maximum Gasteiger partial charge on any atom is 0.255 e. The average molecular weight is 580 g/mol. The van der Waals surface area contributed by atoms with Crippen molar-refractivity contribution in [1.82, 2.24) is 9.55 Å². The molecular formula is C29H37N7O4S. The lowest BCUT2D eigenvalue weighted by Crippen LogP contribution is -2.20. The number of rotatable bonds is 8. The molecule has 1 atom stereocenters. The molecule has 0 bridgehead atoms. The second-order valence-corrected chi connectivity index (χ2v) is 13.6. The van der Waals surface area contributed by atoms with Gasteiger partial charge in [-0.3, -0.25) is 9.52 Å². The molecule has 2 N–H and O–H groups in total. The molecule has 2 aliphatic rings. The van der Waals surface area contributed by atoms with Crippen LogP contribution in [-0.4, -0.2) is 43.8 Å². The summed E-state index contributed by atoms with van der Waals surface area (Å²) in [6.45, 7) is 8.53. The smallest absolute Gasteiger partial charge is 0.255 e. The molecule has 1 aliphatic heterocycles. The molecule has 1 aliphatic carbocycles. The Morgan fingerprint density at radius 1 is 1.12 bits per heavy atom. The predicted octanol–water partition coefficient (Wildman–Crippen LogP) is 5.46. The van der Waals surface area contributed by atoms with E-state index in [0.717, 1.165) is 34.6 Å². The van der Waals surface area contributed by atoms with Crippen molar-refractivity contribution in [2.45, 2.75) is 57.9 Å². The zero-order valence-corrected chi connectivity index (χ0v) is 25.3. The number of anilines is 3. The third-order valence-electron chi connectivity index (χ3n) is 7.44. The van der Waals surface area contributed by atoms with Crippen LogP contribution in [0.25, 0.3) is 0 Å². The minimum absolute atomic E-state index is 0.151. The van der Waals surface area contributed by atoms with Gasteiger partial charge < -0.3 is 14.6 Å². The number of hydrogen-bond acceptors (Lipinski definition) is 8. The summed E-state index contributed by atoms with van der Waals surface area (Å²) < 4.78 is 34.3. The van der Waals surface area contributed by atoms with E-state index in [-0.39, 0.29) is 28.8 Å². The number of nitrogens with zero attached hydrogens (tertiary/aromatic N) is 5. The van der Waals surface area contributed by atoms with Gasteiger partial charge in [0.25, 0.3) is 5.91 Å². The number of aryl methyl sites for hydroxylation is 1. The van der Waals surface area contributed by atoms with Crippen molar-refractivity contribution in [3.63, 3.8) is 0 Å². The molecule has 0 saturated heterocycles. The number of carbonyl (C=O) groups is 1. The van der Waals surface area contributed by atoms with Crippen LogP contribution in [0.5, 0.6) is 5.75 Å². The quantitative estimate of drug-likeness (QED) is 0.364. The number of amides is 1. The number of benzene rings is 2. The molecule has 3 aromatic rings. The van der Waals surface area contributed by atoms with E-state index in [1.807, 2.05) is 58.1 Å². The summed E-state index contributed by atoms with van der Waals surface area (Å²) in [6.07, 6.45) is 5.32. The number of sulfonamides is 1. The Labute approximate surface area is 241 Å². The van der Waals surface area contributed by atoms with Gasteiger partial charge in [0.15, 0.2) is 5.75 Å². The lowest BCUT2D eigenvalue weighted by atomic mass is 9.86. The SMILES string of the molecule is COc1c(NC(=O)c2ccc(C)c(N3CC(c4cnc(C5CC5)n4C)N=N3)c2)cc(C(C)(C)C)cc1NS(C)(=O)=O. The second kappa shape index (κ2) is 10.5. The molecule has 5 rings (SSSR count). The topological polar surface area (TPSA) is 130 Å². The van der Waals surface area contributed by atoms with Gasteiger partial charge in [0.05, 0.1) is 48.9 Å². The highest BCUT2D eigenvalue weighted by Gasteiger charge is 2.32. The van der Waals surface area contributed by atoms with E-state index in [4.69, 9.17) is 4.74 Å². The fourth-order valence-electron chi connectivity index (χ4n) is 5.00. The van der Waals surface area contributed by atoms with Crippen LogP contribution in [-0.2, 0) is 22.5 Å². The minimum atomic E-state index is -3.59. The Morgan fingerprint density at radius 2 is 1.83 bits per heavy atom. The molecule has 1 amide bonds. The lowest BCUT2D eigenvalue weighted by Gasteiger charge is -2.24. The van der Waals surface area contributed by atoms with E-state index in [1.54, 1.807) is 18.2 Å². The van der Waals surface area contributed by atoms with Gasteiger partial charge in [0.1, 0.15) is 11.9 Å².